The van der Waals surface area contributed by atoms with Crippen LogP contribution in [-0.4, -0.2) is 36.1 Å². The minimum absolute atomic E-state index is 0.633. The second-order valence-electron chi connectivity index (χ2n) is 2.25. The Balaban J connectivity index is 5.08. The summed E-state index contributed by atoms with van der Waals surface area (Å²) in [6.45, 7) is 0.633. The molecule has 0 aliphatic heterocycles. The molecule has 0 aromatic rings. The van der Waals surface area contributed by atoms with Gasteiger partial charge in [-0.2, -0.15) is 0 Å². The molecule has 68 valence electrons. The van der Waals surface area contributed by atoms with E-state index in [0.29, 0.717) is 6.92 Å². The maximum Gasteiger partial charge on any atom is 0.365 e. The third kappa shape index (κ3) is 2.13. The summed E-state index contributed by atoms with van der Waals surface area (Å²) in [5, 5.41) is 6.06. The fraction of sp³-hybridized carbons (Fsp3) is 0.667. The van der Waals surface area contributed by atoms with Gasteiger partial charge < -0.3 is 24.7 Å². The van der Waals surface area contributed by atoms with E-state index in [2.05, 4.69) is 6.30 Å². The number of aliphatic hydroxyl groups is 1. The zero-order valence-electron chi connectivity index (χ0n) is 5.75. The third-order valence-electron chi connectivity index (χ3n) is 1.23. The number of rotatable bonds is 2. The lowest BCUT2D eigenvalue weighted by Gasteiger charge is -2.29. The van der Waals surface area contributed by atoms with Crippen molar-refractivity contribution in [3.63, 3.8) is 0 Å². The van der Waals surface area contributed by atoms with Crippen molar-refractivity contribution in [2.75, 3.05) is 0 Å². The molecule has 0 saturated heterocycles. The van der Waals surface area contributed by atoms with Crippen molar-refractivity contribution < 1.29 is 29.2 Å². The highest BCUT2D eigenvalue weighted by molar-refractivity contribution is 7.77. The van der Waals surface area contributed by atoms with Crippen LogP contribution in [0.2, 0.25) is 0 Å². The minimum atomic E-state index is -4.95. The SMILES string of the molecule is C=P(O)(O)C(C)(O)P(=O)(O)O. The Bertz CT molecular complexity index is 208. The first kappa shape index (κ1) is 11.3. The Morgan fingerprint density at radius 3 is 1.55 bits per heavy atom. The smallest absolute Gasteiger partial charge is 0.365 e. The summed E-state index contributed by atoms with van der Waals surface area (Å²) >= 11 is 0. The van der Waals surface area contributed by atoms with E-state index in [1.807, 2.05) is 0 Å². The fourth-order valence-electron chi connectivity index (χ4n) is 0.209. The van der Waals surface area contributed by atoms with Crippen LogP contribution >= 0.6 is 14.9 Å². The van der Waals surface area contributed by atoms with Gasteiger partial charge in [0.25, 0.3) is 0 Å². The summed E-state index contributed by atoms with van der Waals surface area (Å²) in [4.78, 5) is 34.2. The average Bonchev–Trinajstić information content (AvgIpc) is 1.58. The molecular formula is C3H10O6P2. The Hall–Kier alpha value is 0.330. The Morgan fingerprint density at radius 1 is 1.27 bits per heavy atom. The molecule has 0 aliphatic carbocycles. The van der Waals surface area contributed by atoms with Crippen molar-refractivity contribution in [3.05, 3.63) is 0 Å². The van der Waals surface area contributed by atoms with Crippen molar-refractivity contribution in [2.24, 2.45) is 0 Å². The van der Waals surface area contributed by atoms with Crippen molar-refractivity contribution in [2.45, 2.75) is 12.0 Å². The molecule has 8 heteroatoms. The maximum absolute atomic E-state index is 10.4. The van der Waals surface area contributed by atoms with E-state index in [0.717, 1.165) is 0 Å². The topological polar surface area (TPSA) is 118 Å². The average molecular weight is 204 g/mol. The molecule has 1 atom stereocenters. The second-order valence-corrected chi connectivity index (χ2v) is 6.89. The van der Waals surface area contributed by atoms with Crippen LogP contribution < -0.4 is 0 Å². The molecular weight excluding hydrogens is 194 g/mol. The van der Waals surface area contributed by atoms with Gasteiger partial charge in [-0.25, -0.2) is 0 Å². The Morgan fingerprint density at radius 2 is 1.55 bits per heavy atom. The zero-order chi connectivity index (χ0) is 9.50. The molecule has 0 rings (SSSR count). The van der Waals surface area contributed by atoms with Gasteiger partial charge in [0.15, 0.2) is 7.34 Å². The number of hydrogen-bond acceptors (Lipinski definition) is 4. The van der Waals surface area contributed by atoms with E-state index >= 15 is 0 Å². The highest BCUT2D eigenvalue weighted by atomic mass is 31.2. The molecule has 0 aromatic carbocycles. The first-order valence-electron chi connectivity index (χ1n) is 2.47. The number of hydrogen-bond donors (Lipinski definition) is 5. The van der Waals surface area contributed by atoms with Crippen LogP contribution in [-0.2, 0) is 4.57 Å². The van der Waals surface area contributed by atoms with Gasteiger partial charge in [0, 0.05) is 0 Å². The lowest BCUT2D eigenvalue weighted by molar-refractivity contribution is 0.162. The van der Waals surface area contributed by atoms with Crippen molar-refractivity contribution in [1.29, 1.82) is 0 Å². The van der Waals surface area contributed by atoms with E-state index in [-0.39, 0.29) is 0 Å². The van der Waals surface area contributed by atoms with Gasteiger partial charge in [-0.1, -0.05) is 0 Å². The summed E-state index contributed by atoms with van der Waals surface area (Å²) in [6, 6.07) is 0. The van der Waals surface area contributed by atoms with Crippen LogP contribution in [0.1, 0.15) is 6.92 Å². The van der Waals surface area contributed by atoms with Crippen LogP contribution in [0, 0.1) is 0 Å². The van der Waals surface area contributed by atoms with Crippen LogP contribution in [0.4, 0.5) is 0 Å². The van der Waals surface area contributed by atoms with Gasteiger partial charge in [0.2, 0.25) is 5.08 Å². The molecule has 0 aliphatic rings. The van der Waals surface area contributed by atoms with Gasteiger partial charge in [-0.15, -0.1) is 0 Å². The second kappa shape index (κ2) is 2.68. The van der Waals surface area contributed by atoms with Crippen LogP contribution in [0.25, 0.3) is 0 Å². The molecule has 0 radical (unpaired) electrons. The molecule has 0 aromatic heterocycles. The molecule has 0 fully saturated rings. The fourth-order valence-corrected chi connectivity index (χ4v) is 1.88. The maximum atomic E-state index is 10.4. The summed E-state index contributed by atoms with van der Waals surface area (Å²) < 4.78 is 10.4. The molecule has 1 unspecified atom stereocenters. The van der Waals surface area contributed by atoms with E-state index in [1.54, 1.807) is 0 Å². The molecule has 0 heterocycles. The van der Waals surface area contributed by atoms with Crippen molar-refractivity contribution in [1.82, 2.24) is 0 Å². The highest BCUT2D eigenvalue weighted by Crippen LogP contribution is 2.66. The lowest BCUT2D eigenvalue weighted by Crippen LogP contribution is -2.23. The summed E-state index contributed by atoms with van der Waals surface area (Å²) in [5.74, 6) is 0. The standard InChI is InChI=1S/C3H10O6P2/c1-3(4,10(2,5)6)11(7,8)9/h4-6H,2H2,1H3,(H2,7,8,9). The molecule has 0 amide bonds. The largest absolute Gasteiger partial charge is 0.370 e. The summed E-state index contributed by atoms with van der Waals surface area (Å²) in [7, 11) is -9.15. The normalized spacial score (nSPS) is 19.5. The molecule has 11 heavy (non-hydrogen) atoms. The molecule has 0 saturated carbocycles. The van der Waals surface area contributed by atoms with E-state index < -0.39 is 20.0 Å². The zero-order valence-corrected chi connectivity index (χ0v) is 7.53. The first-order chi connectivity index (χ1) is 4.50. The van der Waals surface area contributed by atoms with Gasteiger partial charge in [-0.05, 0) is 13.2 Å². The Labute approximate surface area is 63.4 Å². The lowest BCUT2D eigenvalue weighted by atomic mass is 10.9. The van der Waals surface area contributed by atoms with Crippen LogP contribution in [0.3, 0.4) is 0 Å². The summed E-state index contributed by atoms with van der Waals surface area (Å²) in [5.41, 5.74) is 0. The Kier molecular flexibility index (Phi) is 2.76. The predicted molar refractivity (Wildman–Crippen MR) is 41.1 cm³/mol. The highest BCUT2D eigenvalue weighted by Gasteiger charge is 2.49. The molecule has 6 nitrogen and oxygen atoms in total. The monoisotopic (exact) mass is 204 g/mol. The van der Waals surface area contributed by atoms with Crippen molar-refractivity contribution in [3.8, 4) is 0 Å². The quantitative estimate of drug-likeness (QED) is 0.372. The van der Waals surface area contributed by atoms with Gasteiger partial charge in [-0.3, -0.25) is 4.57 Å². The van der Waals surface area contributed by atoms with E-state index in [1.165, 1.54) is 0 Å². The molecule has 0 spiro atoms. The van der Waals surface area contributed by atoms with E-state index in [4.69, 9.17) is 24.7 Å². The molecule has 0 bridgehead atoms. The first-order valence-corrected chi connectivity index (χ1v) is 5.96. The summed E-state index contributed by atoms with van der Waals surface area (Å²) in [6.07, 6.45) is 2.69. The predicted octanol–water partition coefficient (Wildman–Crippen LogP) is -0.906. The third-order valence-corrected chi connectivity index (χ3v) is 5.43. The van der Waals surface area contributed by atoms with Crippen LogP contribution in [0.15, 0.2) is 0 Å². The van der Waals surface area contributed by atoms with Gasteiger partial charge in [0.05, 0.1) is 0 Å². The minimum Gasteiger partial charge on any atom is -0.370 e. The van der Waals surface area contributed by atoms with E-state index in [9.17, 15) is 4.57 Å². The van der Waals surface area contributed by atoms with Gasteiger partial charge in [0.1, 0.15) is 0 Å². The molecule has 5 N–H and O–H groups in total. The van der Waals surface area contributed by atoms with Crippen molar-refractivity contribution >= 4 is 21.2 Å². The van der Waals surface area contributed by atoms with Gasteiger partial charge >= 0.3 is 7.60 Å². The van der Waals surface area contributed by atoms with Crippen LogP contribution in [0.5, 0.6) is 0 Å².